The molecule has 2 amide bonds. The van der Waals surface area contributed by atoms with Gasteiger partial charge in [0.05, 0.1) is 5.75 Å². The Labute approximate surface area is 171 Å². The molecule has 1 unspecified atom stereocenters. The van der Waals surface area contributed by atoms with Crippen molar-refractivity contribution in [3.63, 3.8) is 0 Å². The van der Waals surface area contributed by atoms with Crippen LogP contribution in [0, 0.1) is 0 Å². The molecule has 4 rings (SSSR count). The summed E-state index contributed by atoms with van der Waals surface area (Å²) in [5, 5.41) is 12.4. The molecule has 8 heteroatoms. The van der Waals surface area contributed by atoms with E-state index >= 15 is 0 Å². The molecule has 2 N–H and O–H groups in total. The number of carbonyl (C=O) groups is 3. The smallest absolute Gasteiger partial charge is 0.358 e. The van der Waals surface area contributed by atoms with Crippen LogP contribution in [-0.4, -0.2) is 45.0 Å². The highest BCUT2D eigenvalue weighted by Crippen LogP contribution is 2.40. The number of nitrogens with one attached hydrogen (secondary N) is 1. The molecular weight excluding hydrogens is 392 g/mol. The SMILES string of the molecule is O=C(OCc1ccccc1)C1=C(O)CS[C@@H]2C(NC(=O)c3ccccc3)C(=O)N12. The summed E-state index contributed by atoms with van der Waals surface area (Å²) in [6, 6.07) is 16.9. The Hall–Kier alpha value is -3.26. The van der Waals surface area contributed by atoms with Gasteiger partial charge in [-0.2, -0.15) is 0 Å². The van der Waals surface area contributed by atoms with E-state index in [0.29, 0.717) is 5.56 Å². The third-order valence-corrected chi connectivity index (χ3v) is 5.94. The molecule has 29 heavy (non-hydrogen) atoms. The summed E-state index contributed by atoms with van der Waals surface area (Å²) >= 11 is 1.28. The van der Waals surface area contributed by atoms with Crippen LogP contribution < -0.4 is 5.32 Å². The van der Waals surface area contributed by atoms with Crippen LogP contribution in [-0.2, 0) is 20.9 Å². The van der Waals surface area contributed by atoms with Gasteiger partial charge in [0, 0.05) is 5.56 Å². The van der Waals surface area contributed by atoms with Crippen molar-refractivity contribution in [1.82, 2.24) is 10.2 Å². The molecule has 2 aliphatic rings. The molecule has 0 spiro atoms. The van der Waals surface area contributed by atoms with E-state index in [1.807, 2.05) is 30.3 Å². The number of thioether (sulfide) groups is 1. The number of esters is 1. The summed E-state index contributed by atoms with van der Waals surface area (Å²) < 4.78 is 5.28. The van der Waals surface area contributed by atoms with Gasteiger partial charge in [0.25, 0.3) is 11.8 Å². The number of aliphatic hydroxyl groups excluding tert-OH is 1. The number of aliphatic hydroxyl groups is 1. The van der Waals surface area contributed by atoms with Crippen LogP contribution in [0.3, 0.4) is 0 Å². The second-order valence-corrected chi connectivity index (χ2v) is 7.69. The third-order valence-electron chi connectivity index (χ3n) is 4.68. The number of amides is 2. The minimum absolute atomic E-state index is 0.0322. The van der Waals surface area contributed by atoms with Crippen molar-refractivity contribution in [1.29, 1.82) is 0 Å². The van der Waals surface area contributed by atoms with Crippen LogP contribution in [0.2, 0.25) is 0 Å². The zero-order valence-electron chi connectivity index (χ0n) is 15.3. The highest BCUT2D eigenvalue weighted by atomic mass is 32.2. The number of carbonyl (C=O) groups excluding carboxylic acids is 3. The normalized spacial score (nSPS) is 20.6. The van der Waals surface area contributed by atoms with Crippen LogP contribution >= 0.6 is 11.8 Å². The van der Waals surface area contributed by atoms with E-state index in [9.17, 15) is 19.5 Å². The lowest BCUT2D eigenvalue weighted by molar-refractivity contribution is -0.152. The standard InChI is InChI=1S/C21H18N2O5S/c24-15-12-29-20-16(22-18(25)14-9-5-2-6-10-14)19(26)23(20)17(15)21(27)28-11-13-7-3-1-4-8-13/h1-10,16,20,24H,11-12H2,(H,22,25)/t16?,20-/m1/s1. The Balaban J connectivity index is 1.44. The molecule has 0 radical (unpaired) electrons. The molecule has 2 aromatic carbocycles. The van der Waals surface area contributed by atoms with Gasteiger partial charge in [0.15, 0.2) is 5.70 Å². The minimum atomic E-state index is -0.766. The lowest BCUT2D eigenvalue weighted by Crippen LogP contribution is -2.70. The fourth-order valence-electron chi connectivity index (χ4n) is 3.20. The molecule has 0 aliphatic carbocycles. The number of benzene rings is 2. The van der Waals surface area contributed by atoms with Gasteiger partial charge in [-0.15, -0.1) is 11.8 Å². The molecule has 2 heterocycles. The van der Waals surface area contributed by atoms with E-state index in [1.165, 1.54) is 16.7 Å². The van der Waals surface area contributed by atoms with Gasteiger partial charge in [-0.1, -0.05) is 48.5 Å². The molecule has 148 valence electrons. The van der Waals surface area contributed by atoms with E-state index in [1.54, 1.807) is 30.3 Å². The molecular formula is C21H18N2O5S. The summed E-state index contributed by atoms with van der Waals surface area (Å²) in [6.07, 6.45) is 0. The summed E-state index contributed by atoms with van der Waals surface area (Å²) in [4.78, 5) is 38.7. The largest absolute Gasteiger partial charge is 0.509 e. The molecule has 2 aromatic rings. The lowest BCUT2D eigenvalue weighted by atomic mass is 10.0. The molecule has 0 saturated carbocycles. The fourth-order valence-corrected chi connectivity index (χ4v) is 4.40. The molecule has 1 saturated heterocycles. The van der Waals surface area contributed by atoms with E-state index in [4.69, 9.17) is 4.74 Å². The first-order chi connectivity index (χ1) is 14.1. The summed E-state index contributed by atoms with van der Waals surface area (Å²) in [6.45, 7) is 0.0322. The number of ether oxygens (including phenoxy) is 1. The summed E-state index contributed by atoms with van der Waals surface area (Å²) in [5.74, 6) is -1.63. The van der Waals surface area contributed by atoms with Crippen LogP contribution in [0.25, 0.3) is 0 Å². The van der Waals surface area contributed by atoms with Crippen LogP contribution in [0.4, 0.5) is 0 Å². The Bertz CT molecular complexity index is 977. The first-order valence-corrected chi connectivity index (χ1v) is 10.0. The maximum absolute atomic E-state index is 12.6. The first-order valence-electron chi connectivity index (χ1n) is 9.00. The van der Waals surface area contributed by atoms with Crippen molar-refractivity contribution in [2.45, 2.75) is 18.0 Å². The van der Waals surface area contributed by atoms with Gasteiger partial charge in [0.1, 0.15) is 23.8 Å². The zero-order chi connectivity index (χ0) is 20.4. The van der Waals surface area contributed by atoms with Crippen LogP contribution in [0.15, 0.2) is 72.1 Å². The number of β-lactam (4-membered cyclic amide) rings is 1. The second kappa shape index (κ2) is 8.00. The van der Waals surface area contributed by atoms with E-state index < -0.39 is 23.3 Å². The topological polar surface area (TPSA) is 95.9 Å². The van der Waals surface area contributed by atoms with Gasteiger partial charge in [0.2, 0.25) is 0 Å². The van der Waals surface area contributed by atoms with Crippen LogP contribution in [0.5, 0.6) is 0 Å². The molecule has 0 aromatic heterocycles. The Morgan fingerprint density at radius 2 is 1.76 bits per heavy atom. The average molecular weight is 410 g/mol. The van der Waals surface area contributed by atoms with Crippen molar-refractivity contribution in [2.24, 2.45) is 0 Å². The maximum Gasteiger partial charge on any atom is 0.358 e. The lowest BCUT2D eigenvalue weighted by Gasteiger charge is -2.48. The van der Waals surface area contributed by atoms with Crippen molar-refractivity contribution in [3.05, 3.63) is 83.2 Å². The van der Waals surface area contributed by atoms with Gasteiger partial charge in [-0.05, 0) is 17.7 Å². The number of fused-ring (bicyclic) bond motifs is 1. The average Bonchev–Trinajstić information content (AvgIpc) is 2.76. The fraction of sp³-hybridized carbons (Fsp3) is 0.190. The Kier molecular flexibility index (Phi) is 5.26. The molecule has 2 aliphatic heterocycles. The Morgan fingerprint density at radius 3 is 2.45 bits per heavy atom. The number of hydrogen-bond donors (Lipinski definition) is 2. The second-order valence-electron chi connectivity index (χ2n) is 6.58. The monoisotopic (exact) mass is 410 g/mol. The summed E-state index contributed by atoms with van der Waals surface area (Å²) in [7, 11) is 0. The maximum atomic E-state index is 12.6. The summed E-state index contributed by atoms with van der Waals surface area (Å²) in [5.41, 5.74) is 1.09. The molecule has 2 atom stereocenters. The van der Waals surface area contributed by atoms with Gasteiger partial charge >= 0.3 is 5.97 Å². The minimum Gasteiger partial charge on any atom is -0.509 e. The molecule has 0 bridgehead atoms. The Morgan fingerprint density at radius 1 is 1.10 bits per heavy atom. The quantitative estimate of drug-likeness (QED) is 0.580. The first kappa shape index (κ1) is 19.1. The van der Waals surface area contributed by atoms with Gasteiger partial charge in [-0.3, -0.25) is 14.5 Å². The molecule has 1 fully saturated rings. The number of hydrogen-bond acceptors (Lipinski definition) is 6. The predicted octanol–water partition coefficient (Wildman–Crippen LogP) is 2.21. The number of rotatable bonds is 5. The van der Waals surface area contributed by atoms with Gasteiger partial charge < -0.3 is 15.2 Å². The third kappa shape index (κ3) is 3.71. The van der Waals surface area contributed by atoms with Crippen molar-refractivity contribution in [3.8, 4) is 0 Å². The van der Waals surface area contributed by atoms with E-state index in [2.05, 4.69) is 5.32 Å². The van der Waals surface area contributed by atoms with Crippen molar-refractivity contribution >= 4 is 29.5 Å². The highest BCUT2D eigenvalue weighted by Gasteiger charge is 2.54. The zero-order valence-corrected chi connectivity index (χ0v) is 16.1. The number of nitrogens with zero attached hydrogens (tertiary/aromatic N) is 1. The van der Waals surface area contributed by atoms with Crippen molar-refractivity contribution in [2.75, 3.05) is 5.75 Å². The van der Waals surface area contributed by atoms with E-state index in [0.717, 1.165) is 5.56 Å². The van der Waals surface area contributed by atoms with Crippen molar-refractivity contribution < 1.29 is 24.2 Å². The van der Waals surface area contributed by atoms with E-state index in [-0.39, 0.29) is 29.7 Å². The van der Waals surface area contributed by atoms with Gasteiger partial charge in [-0.25, -0.2) is 4.79 Å². The van der Waals surface area contributed by atoms with Crippen LogP contribution in [0.1, 0.15) is 15.9 Å². The predicted molar refractivity (Wildman–Crippen MR) is 107 cm³/mol. The highest BCUT2D eigenvalue weighted by molar-refractivity contribution is 8.00. The molecule has 7 nitrogen and oxygen atoms in total.